The van der Waals surface area contributed by atoms with Gasteiger partial charge in [0.1, 0.15) is 11.5 Å². The fourth-order valence-electron chi connectivity index (χ4n) is 0.856. The molecular formula is C15H18O4. The van der Waals surface area contributed by atoms with Gasteiger partial charge >= 0.3 is 5.97 Å². The molecule has 2 aromatic rings. The predicted octanol–water partition coefficient (Wildman–Crippen LogP) is 3.27. The molecule has 2 rings (SSSR count). The second-order valence-electron chi connectivity index (χ2n) is 3.42. The number of aliphatic carboxylic acids is 1. The van der Waals surface area contributed by atoms with Crippen molar-refractivity contribution in [3.8, 4) is 11.5 Å². The van der Waals surface area contributed by atoms with Gasteiger partial charge in [-0.05, 0) is 24.3 Å². The molecule has 4 heteroatoms. The van der Waals surface area contributed by atoms with E-state index in [1.54, 1.807) is 55.5 Å². The summed E-state index contributed by atoms with van der Waals surface area (Å²) in [6.45, 7) is 1.60. The second-order valence-corrected chi connectivity index (χ2v) is 3.42. The summed E-state index contributed by atoms with van der Waals surface area (Å²) in [4.78, 5) is 9.37. The standard InChI is InChI=1S/2C6H6O.C3H6O2/c2*7-6-4-2-1-3-5-6;1-2-3(4)5/h2*1-5,7H;2H2,1H3,(H,4,5). The first-order valence-corrected chi connectivity index (χ1v) is 5.76. The zero-order chi connectivity index (χ0) is 14.5. The van der Waals surface area contributed by atoms with Crippen molar-refractivity contribution in [3.63, 3.8) is 0 Å². The molecule has 0 saturated carbocycles. The topological polar surface area (TPSA) is 77.8 Å². The quantitative estimate of drug-likeness (QED) is 0.737. The Hall–Kier alpha value is -2.49. The lowest BCUT2D eigenvalue weighted by molar-refractivity contribution is -0.136. The molecule has 19 heavy (non-hydrogen) atoms. The smallest absolute Gasteiger partial charge is 0.303 e. The zero-order valence-electron chi connectivity index (χ0n) is 10.7. The number of hydrogen-bond acceptors (Lipinski definition) is 3. The molecule has 0 radical (unpaired) electrons. The largest absolute Gasteiger partial charge is 0.508 e. The number of rotatable bonds is 1. The second kappa shape index (κ2) is 10.7. The molecule has 0 saturated heterocycles. The van der Waals surface area contributed by atoms with Crippen LogP contribution in [0.3, 0.4) is 0 Å². The molecule has 0 heterocycles. The Morgan fingerprint density at radius 2 is 1.11 bits per heavy atom. The van der Waals surface area contributed by atoms with Crippen LogP contribution in [0.25, 0.3) is 0 Å². The van der Waals surface area contributed by atoms with Gasteiger partial charge in [-0.15, -0.1) is 0 Å². The SMILES string of the molecule is CCC(=O)O.Oc1ccccc1.Oc1ccccc1. The van der Waals surface area contributed by atoms with E-state index in [-0.39, 0.29) is 6.42 Å². The van der Waals surface area contributed by atoms with E-state index >= 15 is 0 Å². The zero-order valence-corrected chi connectivity index (χ0v) is 10.7. The van der Waals surface area contributed by atoms with E-state index in [4.69, 9.17) is 15.3 Å². The van der Waals surface area contributed by atoms with Crippen LogP contribution in [0.2, 0.25) is 0 Å². The molecule has 0 aromatic heterocycles. The lowest BCUT2D eigenvalue weighted by Crippen LogP contribution is -1.86. The van der Waals surface area contributed by atoms with Gasteiger partial charge in [-0.2, -0.15) is 0 Å². The molecule has 0 fully saturated rings. The van der Waals surface area contributed by atoms with Crippen molar-refractivity contribution in [2.24, 2.45) is 0 Å². The summed E-state index contributed by atoms with van der Waals surface area (Å²) in [5.74, 6) is -0.102. The Balaban J connectivity index is 0.000000261. The maximum atomic E-state index is 9.37. The molecule has 2 aromatic carbocycles. The van der Waals surface area contributed by atoms with Crippen LogP contribution in [0.1, 0.15) is 13.3 Å². The molecule has 0 aliphatic rings. The van der Waals surface area contributed by atoms with E-state index in [0.29, 0.717) is 11.5 Å². The molecule has 102 valence electrons. The van der Waals surface area contributed by atoms with E-state index in [0.717, 1.165) is 0 Å². The summed E-state index contributed by atoms with van der Waals surface area (Å²) in [6, 6.07) is 17.4. The minimum absolute atomic E-state index is 0.222. The van der Waals surface area contributed by atoms with Gasteiger partial charge in [0.2, 0.25) is 0 Å². The summed E-state index contributed by atoms with van der Waals surface area (Å²) in [6.07, 6.45) is 0.222. The van der Waals surface area contributed by atoms with Crippen LogP contribution in [-0.4, -0.2) is 21.3 Å². The summed E-state index contributed by atoms with van der Waals surface area (Å²) in [7, 11) is 0. The van der Waals surface area contributed by atoms with Crippen molar-refractivity contribution < 1.29 is 20.1 Å². The first kappa shape index (κ1) is 16.5. The van der Waals surface area contributed by atoms with Crippen molar-refractivity contribution in [3.05, 3.63) is 60.7 Å². The number of carboxylic acid groups (broad SMARTS) is 1. The highest BCUT2D eigenvalue weighted by molar-refractivity contribution is 5.66. The van der Waals surface area contributed by atoms with Gasteiger partial charge < -0.3 is 15.3 Å². The van der Waals surface area contributed by atoms with E-state index < -0.39 is 5.97 Å². The van der Waals surface area contributed by atoms with E-state index in [2.05, 4.69) is 0 Å². The fourth-order valence-corrected chi connectivity index (χ4v) is 0.856. The van der Waals surface area contributed by atoms with Crippen molar-refractivity contribution in [1.29, 1.82) is 0 Å². The number of para-hydroxylation sites is 2. The van der Waals surface area contributed by atoms with Gasteiger partial charge in [-0.3, -0.25) is 4.79 Å². The average Bonchev–Trinajstić information content (AvgIpc) is 2.42. The lowest BCUT2D eigenvalue weighted by Gasteiger charge is -1.82. The third-order valence-electron chi connectivity index (χ3n) is 1.81. The normalized spacial score (nSPS) is 8.26. The number of phenols is 2. The third kappa shape index (κ3) is 11.8. The Kier molecular flexibility index (Phi) is 9.25. The molecule has 0 atom stereocenters. The average molecular weight is 262 g/mol. The lowest BCUT2D eigenvalue weighted by atomic mass is 10.3. The predicted molar refractivity (Wildman–Crippen MR) is 74.1 cm³/mol. The molecule has 0 amide bonds. The van der Waals surface area contributed by atoms with Crippen LogP contribution in [0.5, 0.6) is 11.5 Å². The maximum Gasteiger partial charge on any atom is 0.303 e. The number of hydrogen-bond donors (Lipinski definition) is 3. The summed E-state index contributed by atoms with van der Waals surface area (Å²) >= 11 is 0. The molecule has 0 aliphatic carbocycles. The van der Waals surface area contributed by atoms with Crippen LogP contribution < -0.4 is 0 Å². The minimum atomic E-state index is -0.745. The van der Waals surface area contributed by atoms with Gasteiger partial charge in [0.25, 0.3) is 0 Å². The Morgan fingerprint density at radius 3 is 1.21 bits per heavy atom. The van der Waals surface area contributed by atoms with Crippen LogP contribution in [0.4, 0.5) is 0 Å². The Bertz CT molecular complexity index is 403. The van der Waals surface area contributed by atoms with Crippen molar-refractivity contribution in [1.82, 2.24) is 0 Å². The first-order valence-electron chi connectivity index (χ1n) is 5.76. The molecule has 0 spiro atoms. The van der Waals surface area contributed by atoms with Crippen molar-refractivity contribution >= 4 is 5.97 Å². The van der Waals surface area contributed by atoms with Gasteiger partial charge in [0.15, 0.2) is 0 Å². The highest BCUT2D eigenvalue weighted by Crippen LogP contribution is 2.03. The highest BCUT2D eigenvalue weighted by atomic mass is 16.4. The minimum Gasteiger partial charge on any atom is -0.508 e. The van der Waals surface area contributed by atoms with Gasteiger partial charge in [-0.25, -0.2) is 0 Å². The molecular weight excluding hydrogens is 244 g/mol. The van der Waals surface area contributed by atoms with E-state index in [1.807, 2.05) is 12.1 Å². The monoisotopic (exact) mass is 262 g/mol. The number of carboxylic acids is 1. The van der Waals surface area contributed by atoms with E-state index in [1.165, 1.54) is 0 Å². The van der Waals surface area contributed by atoms with Gasteiger partial charge in [0.05, 0.1) is 0 Å². The highest BCUT2D eigenvalue weighted by Gasteiger charge is 1.80. The third-order valence-corrected chi connectivity index (χ3v) is 1.81. The number of phenolic OH excluding ortho intramolecular Hbond substituents is 2. The van der Waals surface area contributed by atoms with Crippen LogP contribution in [0.15, 0.2) is 60.7 Å². The number of aromatic hydroxyl groups is 2. The molecule has 0 bridgehead atoms. The van der Waals surface area contributed by atoms with E-state index in [9.17, 15) is 4.79 Å². The summed E-state index contributed by atoms with van der Waals surface area (Å²) in [5, 5.41) is 25.0. The number of benzene rings is 2. The van der Waals surface area contributed by atoms with Crippen molar-refractivity contribution in [2.45, 2.75) is 13.3 Å². The summed E-state index contributed by atoms with van der Waals surface area (Å²) < 4.78 is 0. The summed E-state index contributed by atoms with van der Waals surface area (Å²) in [5.41, 5.74) is 0. The van der Waals surface area contributed by atoms with Crippen LogP contribution in [0, 0.1) is 0 Å². The molecule has 0 unspecified atom stereocenters. The first-order chi connectivity index (χ1) is 9.06. The van der Waals surface area contributed by atoms with Crippen LogP contribution in [-0.2, 0) is 4.79 Å². The fraction of sp³-hybridized carbons (Fsp3) is 0.133. The number of carbonyl (C=O) groups is 1. The molecule has 3 N–H and O–H groups in total. The Morgan fingerprint density at radius 1 is 0.842 bits per heavy atom. The van der Waals surface area contributed by atoms with Gasteiger partial charge in [0, 0.05) is 6.42 Å². The van der Waals surface area contributed by atoms with Gasteiger partial charge in [-0.1, -0.05) is 43.3 Å². The molecule has 0 aliphatic heterocycles. The Labute approximate surface area is 112 Å². The molecule has 4 nitrogen and oxygen atoms in total. The maximum absolute atomic E-state index is 9.37. The van der Waals surface area contributed by atoms with Crippen molar-refractivity contribution in [2.75, 3.05) is 0 Å². The van der Waals surface area contributed by atoms with Crippen LogP contribution >= 0.6 is 0 Å².